The summed E-state index contributed by atoms with van der Waals surface area (Å²) in [5.41, 5.74) is 2.54. The molecular formula is C21H22N4O2S2. The lowest BCUT2D eigenvalue weighted by molar-refractivity contribution is -0.121. The number of rotatable bonds is 8. The minimum atomic E-state index is -0.175. The minimum absolute atomic E-state index is 0.0920. The lowest BCUT2D eigenvalue weighted by Crippen LogP contribution is -2.31. The van der Waals surface area contributed by atoms with Crippen molar-refractivity contribution in [3.8, 4) is 10.8 Å². The van der Waals surface area contributed by atoms with E-state index in [1.807, 2.05) is 48.7 Å². The molecule has 0 aliphatic rings. The molecule has 8 heteroatoms. The van der Waals surface area contributed by atoms with Crippen molar-refractivity contribution in [3.05, 3.63) is 59.1 Å². The molecule has 29 heavy (non-hydrogen) atoms. The van der Waals surface area contributed by atoms with Gasteiger partial charge in [-0.05, 0) is 48.9 Å². The van der Waals surface area contributed by atoms with Gasteiger partial charge in [0.15, 0.2) is 0 Å². The van der Waals surface area contributed by atoms with Crippen LogP contribution in [0, 0.1) is 6.92 Å². The van der Waals surface area contributed by atoms with Crippen molar-refractivity contribution >= 4 is 40.0 Å². The summed E-state index contributed by atoms with van der Waals surface area (Å²) in [7, 11) is 0. The second-order valence-corrected chi connectivity index (χ2v) is 8.65. The molecule has 0 unspecified atom stereocenters. The Balaban J connectivity index is 1.49. The molecule has 2 N–H and O–H groups in total. The number of carbonyl (C=O) groups is 1. The van der Waals surface area contributed by atoms with Crippen LogP contribution in [-0.4, -0.2) is 32.9 Å². The number of amides is 1. The fourth-order valence-electron chi connectivity index (χ4n) is 3.15. The molecule has 3 aromatic heterocycles. The van der Waals surface area contributed by atoms with Gasteiger partial charge in [0, 0.05) is 0 Å². The van der Waals surface area contributed by atoms with Gasteiger partial charge in [-0.2, -0.15) is 11.8 Å². The van der Waals surface area contributed by atoms with Gasteiger partial charge in [-0.25, -0.2) is 9.97 Å². The van der Waals surface area contributed by atoms with Crippen molar-refractivity contribution in [2.24, 2.45) is 0 Å². The highest BCUT2D eigenvalue weighted by Gasteiger charge is 2.21. The number of para-hydroxylation sites is 2. The average Bonchev–Trinajstić information content (AvgIpc) is 3.45. The summed E-state index contributed by atoms with van der Waals surface area (Å²) in [5, 5.41) is 5.10. The number of nitrogens with one attached hydrogen (secondary N) is 2. The van der Waals surface area contributed by atoms with Gasteiger partial charge in [0.2, 0.25) is 11.8 Å². The molecule has 0 fully saturated rings. The van der Waals surface area contributed by atoms with E-state index >= 15 is 0 Å². The van der Waals surface area contributed by atoms with Crippen molar-refractivity contribution < 1.29 is 9.21 Å². The molecule has 0 radical (unpaired) electrons. The number of hydrogen-bond acceptors (Lipinski definition) is 6. The van der Waals surface area contributed by atoms with Crippen LogP contribution in [0.2, 0.25) is 0 Å². The molecule has 0 saturated carbocycles. The maximum Gasteiger partial charge on any atom is 0.236 e. The zero-order valence-corrected chi connectivity index (χ0v) is 17.9. The number of benzene rings is 1. The van der Waals surface area contributed by atoms with Crippen molar-refractivity contribution in [1.29, 1.82) is 0 Å². The fraction of sp³-hybridized carbons (Fsp3) is 0.286. The van der Waals surface area contributed by atoms with E-state index in [2.05, 4.69) is 26.5 Å². The van der Waals surface area contributed by atoms with Gasteiger partial charge >= 0.3 is 0 Å². The van der Waals surface area contributed by atoms with Crippen molar-refractivity contribution in [2.45, 2.75) is 25.8 Å². The van der Waals surface area contributed by atoms with Crippen molar-refractivity contribution in [1.82, 2.24) is 20.3 Å². The highest BCUT2D eigenvalue weighted by Crippen LogP contribution is 2.26. The molecule has 4 aromatic rings. The minimum Gasteiger partial charge on any atom is -0.440 e. The number of fused-ring (bicyclic) bond motifs is 1. The first kappa shape index (κ1) is 19.7. The standard InChI is InChI=1S/C21H22N4O2S2/c1-13-17(25-21(27-13)18-8-5-10-29-18)12-19(26)22-16(9-11-28-2)20-23-14-6-3-4-7-15(14)24-20/h3-8,10,16H,9,11-12H2,1-2H3,(H,22,26)(H,23,24)/t16-/m0/s1. The summed E-state index contributed by atoms with van der Waals surface area (Å²) >= 11 is 3.31. The lowest BCUT2D eigenvalue weighted by atomic mass is 10.2. The Kier molecular flexibility index (Phi) is 6.01. The molecule has 150 valence electrons. The molecule has 1 amide bonds. The van der Waals surface area contributed by atoms with E-state index in [9.17, 15) is 4.79 Å². The van der Waals surface area contributed by atoms with Crippen LogP contribution in [0.15, 0.2) is 46.2 Å². The number of thioether (sulfide) groups is 1. The largest absolute Gasteiger partial charge is 0.440 e. The molecular weight excluding hydrogens is 404 g/mol. The zero-order chi connectivity index (χ0) is 20.2. The maximum atomic E-state index is 12.8. The highest BCUT2D eigenvalue weighted by molar-refractivity contribution is 7.98. The first-order valence-electron chi connectivity index (χ1n) is 9.37. The van der Waals surface area contributed by atoms with Crippen molar-refractivity contribution in [3.63, 3.8) is 0 Å². The number of carbonyl (C=O) groups excluding carboxylic acids is 1. The predicted molar refractivity (Wildman–Crippen MR) is 118 cm³/mol. The van der Waals surface area contributed by atoms with Crippen molar-refractivity contribution in [2.75, 3.05) is 12.0 Å². The Labute approximate surface area is 177 Å². The summed E-state index contributed by atoms with van der Waals surface area (Å²) in [6, 6.07) is 11.6. The van der Waals surface area contributed by atoms with E-state index in [1.54, 1.807) is 23.1 Å². The third-order valence-corrected chi connectivity index (χ3v) is 6.14. The molecule has 0 saturated heterocycles. The van der Waals surface area contributed by atoms with E-state index in [4.69, 9.17) is 4.42 Å². The smallest absolute Gasteiger partial charge is 0.236 e. The quantitative estimate of drug-likeness (QED) is 0.425. The molecule has 0 aliphatic carbocycles. The molecule has 0 spiro atoms. The van der Waals surface area contributed by atoms with Gasteiger partial charge in [-0.1, -0.05) is 18.2 Å². The van der Waals surface area contributed by atoms with Crippen LogP contribution in [0.25, 0.3) is 21.8 Å². The van der Waals surface area contributed by atoms with E-state index in [0.29, 0.717) is 17.3 Å². The number of hydrogen-bond donors (Lipinski definition) is 2. The second kappa shape index (κ2) is 8.84. The molecule has 3 heterocycles. The Morgan fingerprint density at radius 1 is 1.28 bits per heavy atom. The highest BCUT2D eigenvalue weighted by atomic mass is 32.2. The number of oxazole rings is 1. The summed E-state index contributed by atoms with van der Waals surface area (Å²) in [5.74, 6) is 2.85. The van der Waals surface area contributed by atoms with E-state index in [0.717, 1.165) is 33.9 Å². The SMILES string of the molecule is CSCC[C@H](NC(=O)Cc1nc(-c2cccs2)oc1C)c1nc2ccccc2[nH]1. The number of aromatic nitrogens is 3. The number of imidazole rings is 1. The summed E-state index contributed by atoms with van der Waals surface area (Å²) in [4.78, 5) is 26.3. The summed E-state index contributed by atoms with van der Waals surface area (Å²) in [6.45, 7) is 1.84. The Morgan fingerprint density at radius 2 is 2.14 bits per heavy atom. The number of aryl methyl sites for hydroxylation is 1. The Bertz CT molecular complexity index is 1070. The molecule has 4 rings (SSSR count). The third kappa shape index (κ3) is 4.54. The van der Waals surface area contributed by atoms with Gasteiger partial charge in [-0.3, -0.25) is 4.79 Å². The number of H-pyrrole nitrogens is 1. The Morgan fingerprint density at radius 3 is 2.90 bits per heavy atom. The topological polar surface area (TPSA) is 83.8 Å². The van der Waals surface area contributed by atoms with Crippen LogP contribution in [0.4, 0.5) is 0 Å². The number of nitrogens with zero attached hydrogens (tertiary/aromatic N) is 2. The fourth-order valence-corrected chi connectivity index (χ4v) is 4.27. The normalized spacial score (nSPS) is 12.3. The summed E-state index contributed by atoms with van der Waals surface area (Å²) in [6.07, 6.45) is 3.03. The lowest BCUT2D eigenvalue weighted by Gasteiger charge is -2.16. The van der Waals surface area contributed by atoms with Gasteiger partial charge in [0.05, 0.1) is 34.1 Å². The van der Waals surface area contributed by atoms with Gasteiger partial charge in [-0.15, -0.1) is 11.3 Å². The first-order valence-corrected chi connectivity index (χ1v) is 11.6. The summed E-state index contributed by atoms with van der Waals surface area (Å²) < 4.78 is 5.75. The van der Waals surface area contributed by atoms with Gasteiger partial charge < -0.3 is 14.7 Å². The van der Waals surface area contributed by atoms with Crippen LogP contribution < -0.4 is 5.32 Å². The number of thiophene rings is 1. The van der Waals surface area contributed by atoms with E-state index in [-0.39, 0.29) is 18.4 Å². The second-order valence-electron chi connectivity index (χ2n) is 6.72. The molecule has 6 nitrogen and oxygen atoms in total. The van der Waals surface area contributed by atoms with Gasteiger partial charge in [0.1, 0.15) is 11.6 Å². The maximum absolute atomic E-state index is 12.8. The van der Waals surface area contributed by atoms with Crippen LogP contribution in [0.5, 0.6) is 0 Å². The zero-order valence-electron chi connectivity index (χ0n) is 16.3. The molecule has 0 aliphatic heterocycles. The molecule has 1 aromatic carbocycles. The average molecular weight is 427 g/mol. The molecule has 1 atom stereocenters. The first-order chi connectivity index (χ1) is 14.1. The van der Waals surface area contributed by atoms with Crippen LogP contribution in [0.1, 0.15) is 29.7 Å². The number of aromatic amines is 1. The van der Waals surface area contributed by atoms with Gasteiger partial charge in [0.25, 0.3) is 0 Å². The monoisotopic (exact) mass is 426 g/mol. The predicted octanol–water partition coefficient (Wildman–Crippen LogP) is 4.74. The molecule has 0 bridgehead atoms. The third-order valence-electron chi connectivity index (χ3n) is 4.64. The van der Waals surface area contributed by atoms with E-state index < -0.39 is 0 Å². The van der Waals surface area contributed by atoms with Crippen LogP contribution in [0.3, 0.4) is 0 Å². The van der Waals surface area contributed by atoms with Crippen LogP contribution in [-0.2, 0) is 11.2 Å². The van der Waals surface area contributed by atoms with Crippen LogP contribution >= 0.6 is 23.1 Å². The Hall–Kier alpha value is -2.58. The van der Waals surface area contributed by atoms with E-state index in [1.165, 1.54) is 0 Å².